The fourth-order valence-electron chi connectivity index (χ4n) is 11.5. The Hall–Kier alpha value is -1.94. The Balaban J connectivity index is 5.24. The lowest BCUT2D eigenvalue weighted by atomic mass is 10.00. The molecule has 0 heterocycles. The third kappa shape index (κ3) is 69.0. The average molecular weight is 1400 g/mol. The molecule has 0 saturated heterocycles. The summed E-state index contributed by atoms with van der Waals surface area (Å²) in [6, 6.07) is 0. The van der Waals surface area contributed by atoms with Crippen molar-refractivity contribution < 1.29 is 80.2 Å². The predicted molar refractivity (Wildman–Crippen MR) is 386 cm³/mol. The topological polar surface area (TPSA) is 237 Å². The molecule has 0 amide bonds. The van der Waals surface area contributed by atoms with Gasteiger partial charge in [-0.3, -0.25) is 37.3 Å². The van der Waals surface area contributed by atoms with Crippen LogP contribution in [0.25, 0.3) is 0 Å². The zero-order chi connectivity index (χ0) is 70.3. The minimum absolute atomic E-state index is 0.105. The highest BCUT2D eigenvalue weighted by Crippen LogP contribution is 2.45. The van der Waals surface area contributed by atoms with Crippen molar-refractivity contribution in [3.8, 4) is 0 Å². The van der Waals surface area contributed by atoms with Gasteiger partial charge in [0.25, 0.3) is 0 Å². The van der Waals surface area contributed by atoms with E-state index in [1.54, 1.807) is 0 Å². The molecule has 0 spiro atoms. The quantitative estimate of drug-likeness (QED) is 0.0222. The second-order valence-electron chi connectivity index (χ2n) is 29.1. The molecule has 0 radical (unpaired) electrons. The maximum absolute atomic E-state index is 13.1. The molecule has 17 nitrogen and oxygen atoms in total. The van der Waals surface area contributed by atoms with E-state index in [9.17, 15) is 43.2 Å². The SMILES string of the molecule is CCC(C)CCCCCCCCC(=O)OC[C@H](COP(=O)(O)OC[C@H](O)COP(=O)(O)OC[C@@H](COC(=O)CCCCCCCCCCCCCCCCCC(C)C)OC(=O)CCCCCCCCCCCCCC(C)C)OC(=O)CCCCCCCCCCCCC(C)C. The molecule has 6 atom stereocenters. The van der Waals surface area contributed by atoms with Crippen LogP contribution in [0, 0.1) is 23.7 Å². The number of rotatable bonds is 73. The van der Waals surface area contributed by atoms with Gasteiger partial charge in [-0.15, -0.1) is 0 Å². The molecule has 0 aromatic rings. The van der Waals surface area contributed by atoms with Crippen molar-refractivity contribution in [2.24, 2.45) is 23.7 Å². The molecule has 0 rings (SSSR count). The average Bonchev–Trinajstić information content (AvgIpc) is 1.38. The Morgan fingerprint density at radius 1 is 0.295 bits per heavy atom. The minimum atomic E-state index is -4.96. The van der Waals surface area contributed by atoms with Crippen LogP contribution in [-0.2, 0) is 65.4 Å². The summed E-state index contributed by atoms with van der Waals surface area (Å²) in [6.45, 7) is 14.2. The predicted octanol–water partition coefficient (Wildman–Crippen LogP) is 22.0. The third-order valence-corrected chi connectivity index (χ3v) is 19.8. The Kier molecular flexibility index (Phi) is 64.0. The van der Waals surface area contributed by atoms with Gasteiger partial charge in [-0.1, -0.05) is 331 Å². The fraction of sp³-hybridized carbons (Fsp3) is 0.947. The zero-order valence-corrected chi connectivity index (χ0v) is 64.1. The lowest BCUT2D eigenvalue weighted by Crippen LogP contribution is -2.30. The zero-order valence-electron chi connectivity index (χ0n) is 62.3. The molecule has 0 aromatic heterocycles. The summed E-state index contributed by atoms with van der Waals surface area (Å²) in [5, 5.41) is 10.6. The fourth-order valence-corrected chi connectivity index (χ4v) is 13.1. The highest BCUT2D eigenvalue weighted by Gasteiger charge is 2.30. The molecule has 564 valence electrons. The van der Waals surface area contributed by atoms with Crippen LogP contribution < -0.4 is 0 Å². The molecular formula is C76H148O17P2. The lowest BCUT2D eigenvalue weighted by molar-refractivity contribution is -0.161. The van der Waals surface area contributed by atoms with E-state index >= 15 is 0 Å². The van der Waals surface area contributed by atoms with E-state index in [1.807, 2.05) is 0 Å². The van der Waals surface area contributed by atoms with Crippen LogP contribution in [0.1, 0.15) is 383 Å². The maximum Gasteiger partial charge on any atom is 0.472 e. The molecule has 0 saturated carbocycles. The molecule has 3 N–H and O–H groups in total. The van der Waals surface area contributed by atoms with Gasteiger partial charge in [-0.05, 0) is 49.4 Å². The highest BCUT2D eigenvalue weighted by atomic mass is 31.2. The smallest absolute Gasteiger partial charge is 0.462 e. The van der Waals surface area contributed by atoms with E-state index in [2.05, 4.69) is 55.4 Å². The van der Waals surface area contributed by atoms with E-state index in [1.165, 1.54) is 180 Å². The monoisotopic (exact) mass is 1400 g/mol. The van der Waals surface area contributed by atoms with Crippen molar-refractivity contribution in [1.29, 1.82) is 0 Å². The van der Waals surface area contributed by atoms with Crippen LogP contribution >= 0.6 is 15.6 Å². The molecular weight excluding hydrogens is 1250 g/mol. The van der Waals surface area contributed by atoms with Gasteiger partial charge in [0.05, 0.1) is 26.4 Å². The molecule has 19 heteroatoms. The highest BCUT2D eigenvalue weighted by molar-refractivity contribution is 7.47. The van der Waals surface area contributed by atoms with Crippen LogP contribution in [0.5, 0.6) is 0 Å². The van der Waals surface area contributed by atoms with Crippen LogP contribution in [0.2, 0.25) is 0 Å². The normalized spacial score (nSPS) is 14.4. The minimum Gasteiger partial charge on any atom is -0.462 e. The Labute approximate surface area is 581 Å². The standard InChI is InChI=1S/C76H148O17P2/c1-9-69(8)55-47-39-34-35-41-49-57-74(79)87-63-72(93-76(81)59-51-43-33-27-21-20-24-30-38-46-54-68(6)7)65-91-95(84,85)89-61-70(77)60-88-94(82,83)90-64-71(92-75(80)58-50-42-32-26-19-15-17-23-29-37-45-53-67(4)5)62-86-73(78)56-48-40-31-25-18-14-12-10-11-13-16-22-28-36-44-52-66(2)3/h66-72,77H,9-65H2,1-8H3,(H,82,83)(H,84,85)/t69?,70-,71-,72-/m1/s1. The van der Waals surface area contributed by atoms with E-state index < -0.39 is 97.5 Å². The number of esters is 4. The van der Waals surface area contributed by atoms with Crippen LogP contribution in [0.15, 0.2) is 0 Å². The summed E-state index contributed by atoms with van der Waals surface area (Å²) in [7, 11) is -9.91. The molecule has 3 unspecified atom stereocenters. The lowest BCUT2D eigenvalue weighted by Gasteiger charge is -2.21. The Bertz CT molecular complexity index is 1870. The van der Waals surface area contributed by atoms with Crippen LogP contribution in [-0.4, -0.2) is 96.7 Å². The number of hydrogen-bond acceptors (Lipinski definition) is 15. The van der Waals surface area contributed by atoms with E-state index in [0.717, 1.165) is 120 Å². The van der Waals surface area contributed by atoms with E-state index in [-0.39, 0.29) is 25.7 Å². The van der Waals surface area contributed by atoms with E-state index in [0.29, 0.717) is 25.7 Å². The molecule has 95 heavy (non-hydrogen) atoms. The number of aliphatic hydroxyl groups excluding tert-OH is 1. The number of aliphatic hydroxyl groups is 1. The summed E-state index contributed by atoms with van der Waals surface area (Å²) < 4.78 is 68.5. The Morgan fingerprint density at radius 3 is 0.747 bits per heavy atom. The number of unbranched alkanes of at least 4 members (excludes halogenated alkanes) is 38. The third-order valence-electron chi connectivity index (χ3n) is 17.9. The van der Waals surface area contributed by atoms with Gasteiger partial charge in [0, 0.05) is 25.7 Å². The largest absolute Gasteiger partial charge is 0.472 e. The first-order valence-corrected chi connectivity index (χ1v) is 42.2. The van der Waals surface area contributed by atoms with Crippen molar-refractivity contribution in [2.75, 3.05) is 39.6 Å². The second kappa shape index (κ2) is 65.4. The van der Waals surface area contributed by atoms with Gasteiger partial charge in [-0.2, -0.15) is 0 Å². The molecule has 0 fully saturated rings. The van der Waals surface area contributed by atoms with Crippen molar-refractivity contribution in [1.82, 2.24) is 0 Å². The van der Waals surface area contributed by atoms with Crippen molar-refractivity contribution >= 4 is 39.5 Å². The summed E-state index contributed by atoms with van der Waals surface area (Å²) in [4.78, 5) is 72.8. The number of hydrogen-bond donors (Lipinski definition) is 3. The molecule has 0 aliphatic rings. The number of phosphoric acid groups is 2. The molecule has 0 aromatic carbocycles. The molecule has 0 aliphatic heterocycles. The first kappa shape index (κ1) is 93.1. The summed E-state index contributed by atoms with van der Waals surface area (Å²) in [5.74, 6) is 0.933. The number of carbonyl (C=O) groups is 4. The number of phosphoric ester groups is 2. The first-order chi connectivity index (χ1) is 45.6. The van der Waals surface area contributed by atoms with Gasteiger partial charge in [0.1, 0.15) is 19.3 Å². The molecule has 0 bridgehead atoms. The Morgan fingerprint density at radius 2 is 0.505 bits per heavy atom. The summed E-state index contributed by atoms with van der Waals surface area (Å²) in [5.41, 5.74) is 0. The van der Waals surface area contributed by atoms with Gasteiger partial charge in [0.15, 0.2) is 12.2 Å². The van der Waals surface area contributed by atoms with Crippen LogP contribution in [0.4, 0.5) is 0 Å². The van der Waals surface area contributed by atoms with Crippen LogP contribution in [0.3, 0.4) is 0 Å². The molecule has 0 aliphatic carbocycles. The van der Waals surface area contributed by atoms with Gasteiger partial charge < -0.3 is 33.8 Å². The van der Waals surface area contributed by atoms with Gasteiger partial charge in [0.2, 0.25) is 0 Å². The first-order valence-electron chi connectivity index (χ1n) is 39.2. The van der Waals surface area contributed by atoms with Crippen molar-refractivity contribution in [3.63, 3.8) is 0 Å². The van der Waals surface area contributed by atoms with Crippen molar-refractivity contribution in [3.05, 3.63) is 0 Å². The summed E-state index contributed by atoms with van der Waals surface area (Å²) in [6.07, 6.45) is 50.0. The number of carbonyl (C=O) groups excluding carboxylic acids is 4. The van der Waals surface area contributed by atoms with Gasteiger partial charge in [-0.25, -0.2) is 9.13 Å². The summed E-state index contributed by atoms with van der Waals surface area (Å²) >= 11 is 0. The van der Waals surface area contributed by atoms with E-state index in [4.69, 9.17) is 37.0 Å². The maximum atomic E-state index is 13.1. The number of ether oxygens (including phenoxy) is 4. The van der Waals surface area contributed by atoms with Crippen molar-refractivity contribution in [2.45, 2.75) is 401 Å². The second-order valence-corrected chi connectivity index (χ2v) is 32.0. The van der Waals surface area contributed by atoms with Gasteiger partial charge >= 0.3 is 39.5 Å².